The van der Waals surface area contributed by atoms with E-state index in [1.807, 2.05) is 86.9 Å². The van der Waals surface area contributed by atoms with E-state index in [0.717, 1.165) is 39.8 Å². The highest BCUT2D eigenvalue weighted by atomic mass is 32.2. The first-order valence-corrected chi connectivity index (χ1v) is 14.5. The lowest BCUT2D eigenvalue weighted by Gasteiger charge is -2.29. The van der Waals surface area contributed by atoms with Gasteiger partial charge in [-0.05, 0) is 42.6 Å². The van der Waals surface area contributed by atoms with E-state index in [4.69, 9.17) is 4.74 Å². The molecule has 0 bridgehead atoms. The van der Waals surface area contributed by atoms with Crippen LogP contribution in [0.25, 0.3) is 10.8 Å². The molecule has 2 atom stereocenters. The number of hydrogen-bond acceptors (Lipinski definition) is 5. The number of benzene rings is 4. The predicted molar refractivity (Wildman–Crippen MR) is 153 cm³/mol. The van der Waals surface area contributed by atoms with Crippen LogP contribution in [0.3, 0.4) is 0 Å². The highest BCUT2D eigenvalue weighted by Crippen LogP contribution is 2.35. The summed E-state index contributed by atoms with van der Waals surface area (Å²) in [6, 6.07) is 26.9. The van der Waals surface area contributed by atoms with Gasteiger partial charge in [0.05, 0.1) is 23.6 Å². The number of fused-ring (bicyclic) bond motifs is 2. The van der Waals surface area contributed by atoms with Gasteiger partial charge in [-0.1, -0.05) is 78.9 Å². The van der Waals surface area contributed by atoms with E-state index in [1.54, 1.807) is 18.2 Å². The number of nitrogens with zero attached hydrogens (tertiary/aromatic N) is 1. The lowest BCUT2D eigenvalue weighted by molar-refractivity contribution is -0.122. The van der Waals surface area contributed by atoms with Crippen molar-refractivity contribution in [3.63, 3.8) is 0 Å². The number of carbonyl (C=O) groups excluding carboxylic acids is 1. The number of amides is 1. The third-order valence-electron chi connectivity index (χ3n) is 6.90. The van der Waals surface area contributed by atoms with E-state index in [9.17, 15) is 13.2 Å². The van der Waals surface area contributed by atoms with Gasteiger partial charge < -0.3 is 15.0 Å². The Labute approximate surface area is 229 Å². The van der Waals surface area contributed by atoms with Crippen molar-refractivity contribution in [1.82, 2.24) is 14.9 Å². The molecule has 8 heteroatoms. The maximum absolute atomic E-state index is 13.5. The van der Waals surface area contributed by atoms with Crippen molar-refractivity contribution in [3.8, 4) is 5.75 Å². The van der Waals surface area contributed by atoms with Crippen LogP contribution in [-0.4, -0.2) is 39.9 Å². The minimum atomic E-state index is -3.90. The summed E-state index contributed by atoms with van der Waals surface area (Å²) < 4.78 is 35.7. The van der Waals surface area contributed by atoms with Crippen LogP contribution >= 0.6 is 0 Å². The van der Waals surface area contributed by atoms with E-state index >= 15 is 0 Å². The largest absolute Gasteiger partial charge is 0.493 e. The first-order valence-electron chi connectivity index (χ1n) is 13.0. The standard InChI is InChI=1S/C31H33N3O4S/c1-34(2)21-25-13-8-14-27-28(17-18-38-31(25)27)32-30(35)20-29(23-10-4-3-5-11-23)33-39(36,37)26-16-15-22-9-6-7-12-24(22)19-26/h3-16,19,28-29,33H,17-18,20-21H2,1-2H3,(H,32,35). The molecule has 4 aromatic rings. The lowest BCUT2D eigenvalue weighted by atomic mass is 9.96. The van der Waals surface area contributed by atoms with Crippen LogP contribution < -0.4 is 14.8 Å². The van der Waals surface area contributed by atoms with Gasteiger partial charge >= 0.3 is 0 Å². The van der Waals surface area contributed by atoms with Crippen molar-refractivity contribution >= 4 is 26.7 Å². The minimum absolute atomic E-state index is 0.0408. The van der Waals surface area contributed by atoms with Crippen molar-refractivity contribution in [1.29, 1.82) is 0 Å². The molecule has 0 aromatic heterocycles. The third kappa shape index (κ3) is 6.30. The molecule has 0 spiro atoms. The van der Waals surface area contributed by atoms with Crippen molar-refractivity contribution < 1.29 is 17.9 Å². The first kappa shape index (κ1) is 26.9. The van der Waals surface area contributed by atoms with Gasteiger partial charge in [-0.25, -0.2) is 13.1 Å². The average molecular weight is 544 g/mol. The fraction of sp³-hybridized carbons (Fsp3) is 0.258. The second-order valence-electron chi connectivity index (χ2n) is 10.1. The molecule has 1 heterocycles. The van der Waals surface area contributed by atoms with Crippen LogP contribution in [0.2, 0.25) is 0 Å². The molecule has 202 valence electrons. The number of nitrogens with one attached hydrogen (secondary N) is 2. The quantitative estimate of drug-likeness (QED) is 0.312. The molecular weight excluding hydrogens is 510 g/mol. The summed E-state index contributed by atoms with van der Waals surface area (Å²) in [7, 11) is 0.110. The highest BCUT2D eigenvalue weighted by molar-refractivity contribution is 7.89. The topological polar surface area (TPSA) is 87.7 Å². The Morgan fingerprint density at radius 3 is 2.46 bits per heavy atom. The zero-order chi connectivity index (χ0) is 27.4. The number of rotatable bonds is 9. The van der Waals surface area contributed by atoms with Gasteiger partial charge in [0, 0.05) is 30.5 Å². The summed E-state index contributed by atoms with van der Waals surface area (Å²) in [6.07, 6.45) is 0.601. The van der Waals surface area contributed by atoms with E-state index in [0.29, 0.717) is 13.0 Å². The molecule has 0 saturated carbocycles. The maximum atomic E-state index is 13.5. The number of hydrogen-bond donors (Lipinski definition) is 2. The Bertz CT molecular complexity index is 1570. The van der Waals surface area contributed by atoms with E-state index < -0.39 is 16.1 Å². The van der Waals surface area contributed by atoms with Crippen LogP contribution in [0.15, 0.2) is 95.9 Å². The summed E-state index contributed by atoms with van der Waals surface area (Å²) in [5.41, 5.74) is 2.74. The molecule has 0 aliphatic carbocycles. The number of sulfonamides is 1. The summed E-state index contributed by atoms with van der Waals surface area (Å²) in [5.74, 6) is 0.584. The summed E-state index contributed by atoms with van der Waals surface area (Å²) >= 11 is 0. The van der Waals surface area contributed by atoms with Crippen LogP contribution in [0.1, 0.15) is 41.6 Å². The van der Waals surface area contributed by atoms with Crippen molar-refractivity contribution in [2.45, 2.75) is 36.4 Å². The Hall–Kier alpha value is -3.72. The molecule has 2 unspecified atom stereocenters. The normalized spacial score (nSPS) is 15.9. The second-order valence-corrected chi connectivity index (χ2v) is 11.8. The minimum Gasteiger partial charge on any atom is -0.493 e. The lowest BCUT2D eigenvalue weighted by Crippen LogP contribution is -2.36. The molecule has 0 fully saturated rings. The van der Waals surface area contributed by atoms with Crippen LogP contribution in [-0.2, 0) is 21.4 Å². The molecule has 2 N–H and O–H groups in total. The summed E-state index contributed by atoms with van der Waals surface area (Å²) in [4.78, 5) is 15.6. The molecule has 1 aliphatic rings. The van der Waals surface area contributed by atoms with Gasteiger partial charge in [0.1, 0.15) is 5.75 Å². The van der Waals surface area contributed by atoms with Gasteiger partial charge in [0.25, 0.3) is 0 Å². The maximum Gasteiger partial charge on any atom is 0.241 e. The van der Waals surface area contributed by atoms with Gasteiger partial charge in [-0.3, -0.25) is 4.79 Å². The van der Waals surface area contributed by atoms with E-state index in [1.165, 1.54) is 0 Å². The van der Waals surface area contributed by atoms with E-state index in [2.05, 4.69) is 14.9 Å². The number of carbonyl (C=O) groups is 1. The Kier molecular flexibility index (Phi) is 7.97. The molecule has 0 radical (unpaired) electrons. The smallest absolute Gasteiger partial charge is 0.241 e. The van der Waals surface area contributed by atoms with Crippen molar-refractivity contribution in [2.24, 2.45) is 0 Å². The predicted octanol–water partition coefficient (Wildman–Crippen LogP) is 4.95. The molecule has 1 aliphatic heterocycles. The Morgan fingerprint density at radius 1 is 0.949 bits per heavy atom. The molecule has 4 aromatic carbocycles. The fourth-order valence-electron chi connectivity index (χ4n) is 5.05. The molecule has 39 heavy (non-hydrogen) atoms. The zero-order valence-electron chi connectivity index (χ0n) is 22.1. The molecule has 7 nitrogen and oxygen atoms in total. The number of ether oxygens (including phenoxy) is 1. The molecular formula is C31H33N3O4S. The van der Waals surface area contributed by atoms with Crippen LogP contribution in [0.4, 0.5) is 0 Å². The van der Waals surface area contributed by atoms with Gasteiger partial charge in [-0.15, -0.1) is 0 Å². The van der Waals surface area contributed by atoms with Crippen LogP contribution in [0.5, 0.6) is 5.75 Å². The summed E-state index contributed by atoms with van der Waals surface area (Å²) in [5, 5.41) is 4.93. The van der Waals surface area contributed by atoms with Crippen molar-refractivity contribution in [2.75, 3.05) is 20.7 Å². The Morgan fingerprint density at radius 2 is 1.69 bits per heavy atom. The van der Waals surface area contributed by atoms with Gasteiger partial charge in [0.15, 0.2) is 0 Å². The van der Waals surface area contributed by atoms with Gasteiger partial charge in [-0.2, -0.15) is 0 Å². The fourth-order valence-corrected chi connectivity index (χ4v) is 6.31. The van der Waals surface area contributed by atoms with Crippen molar-refractivity contribution in [3.05, 3.63) is 108 Å². The summed E-state index contributed by atoms with van der Waals surface area (Å²) in [6.45, 7) is 1.23. The molecule has 5 rings (SSSR count). The monoisotopic (exact) mass is 543 g/mol. The average Bonchev–Trinajstić information content (AvgIpc) is 2.93. The second kappa shape index (κ2) is 11.6. The Balaban J connectivity index is 1.37. The molecule has 1 amide bonds. The SMILES string of the molecule is CN(C)Cc1cccc2c1OCCC2NC(=O)CC(NS(=O)(=O)c1ccc2ccccc2c1)c1ccccc1. The third-order valence-corrected chi connectivity index (χ3v) is 8.37. The highest BCUT2D eigenvalue weighted by Gasteiger charge is 2.28. The van der Waals surface area contributed by atoms with Gasteiger partial charge in [0.2, 0.25) is 15.9 Å². The van der Waals surface area contributed by atoms with Crippen LogP contribution in [0, 0.1) is 0 Å². The van der Waals surface area contributed by atoms with E-state index in [-0.39, 0.29) is 23.3 Å². The number of para-hydroxylation sites is 1. The first-order chi connectivity index (χ1) is 18.8. The molecule has 0 saturated heterocycles. The zero-order valence-corrected chi connectivity index (χ0v) is 22.9.